The summed E-state index contributed by atoms with van der Waals surface area (Å²) >= 11 is 0. The monoisotopic (exact) mass is 628 g/mol. The summed E-state index contributed by atoms with van der Waals surface area (Å²) in [5.74, 6) is 0. The van der Waals surface area contributed by atoms with Gasteiger partial charge >= 0.3 is 0 Å². The minimum Gasteiger partial charge on any atom is -0.374 e. The first-order valence-electron chi connectivity index (χ1n) is 16.5. The first-order valence-corrected chi connectivity index (χ1v) is 16.5. The molecule has 6 rings (SSSR count). The number of ether oxygens (including phenoxy) is 5. The maximum atomic E-state index is 7.01. The van der Waals surface area contributed by atoms with Crippen LogP contribution in [0.2, 0.25) is 0 Å². The topological polar surface area (TPSA) is 46.2 Å². The summed E-state index contributed by atoms with van der Waals surface area (Å²) in [6, 6.07) is 45.6. The van der Waals surface area contributed by atoms with Crippen molar-refractivity contribution >= 4 is 10.8 Å². The Morgan fingerprint density at radius 3 is 1.72 bits per heavy atom. The lowest BCUT2D eigenvalue weighted by Crippen LogP contribution is -2.59. The zero-order chi connectivity index (χ0) is 32.2. The molecule has 1 heterocycles. The van der Waals surface area contributed by atoms with Crippen molar-refractivity contribution in [3.05, 3.63) is 168 Å². The summed E-state index contributed by atoms with van der Waals surface area (Å²) in [4.78, 5) is 0. The van der Waals surface area contributed by atoms with Gasteiger partial charge in [-0.2, -0.15) is 0 Å². The average Bonchev–Trinajstić information content (AvgIpc) is 3.12. The highest BCUT2D eigenvalue weighted by molar-refractivity contribution is 5.82. The molecule has 1 aliphatic heterocycles. The molecule has 0 aromatic heterocycles. The van der Waals surface area contributed by atoms with Crippen molar-refractivity contribution in [2.75, 3.05) is 13.2 Å². The molecular formula is C42H44O5. The number of fused-ring (bicyclic) bond motifs is 1. The van der Waals surface area contributed by atoms with Gasteiger partial charge in [-0.25, -0.2) is 0 Å². The summed E-state index contributed by atoms with van der Waals surface area (Å²) in [7, 11) is 0. The van der Waals surface area contributed by atoms with E-state index in [-0.39, 0.29) is 18.3 Å². The highest BCUT2D eigenvalue weighted by Gasteiger charge is 2.48. The van der Waals surface area contributed by atoms with Gasteiger partial charge in [0.2, 0.25) is 0 Å². The molecule has 1 fully saturated rings. The molecule has 5 aromatic rings. The molecule has 0 aliphatic carbocycles. The van der Waals surface area contributed by atoms with Crippen molar-refractivity contribution in [3.8, 4) is 0 Å². The van der Waals surface area contributed by atoms with Crippen LogP contribution in [0.1, 0.15) is 35.1 Å². The molecule has 0 amide bonds. The molecule has 5 aromatic carbocycles. The van der Waals surface area contributed by atoms with Crippen LogP contribution in [0, 0.1) is 0 Å². The first-order chi connectivity index (χ1) is 23.2. The van der Waals surface area contributed by atoms with Gasteiger partial charge in [0, 0.05) is 6.42 Å². The van der Waals surface area contributed by atoms with Gasteiger partial charge in [-0.1, -0.05) is 133 Å². The van der Waals surface area contributed by atoms with E-state index in [0.29, 0.717) is 52.5 Å². The molecule has 0 N–H and O–H groups in total. The molecule has 3 atom stereocenters. The zero-order valence-corrected chi connectivity index (χ0v) is 26.9. The molecule has 5 nitrogen and oxygen atoms in total. The Balaban J connectivity index is 1.25. The van der Waals surface area contributed by atoms with E-state index in [9.17, 15) is 0 Å². The van der Waals surface area contributed by atoms with E-state index in [1.807, 2.05) is 60.7 Å². The predicted octanol–water partition coefficient (Wildman–Crippen LogP) is 8.85. The molecule has 0 saturated carbocycles. The van der Waals surface area contributed by atoms with Gasteiger partial charge in [0.05, 0.1) is 51.8 Å². The maximum absolute atomic E-state index is 7.01. The summed E-state index contributed by atoms with van der Waals surface area (Å²) < 4.78 is 33.3. The number of hydrogen-bond acceptors (Lipinski definition) is 5. The molecule has 0 spiro atoms. The van der Waals surface area contributed by atoms with Crippen LogP contribution in [-0.2, 0) is 50.1 Å². The van der Waals surface area contributed by atoms with Gasteiger partial charge in [-0.3, -0.25) is 0 Å². The highest BCUT2D eigenvalue weighted by atomic mass is 16.6. The van der Waals surface area contributed by atoms with Crippen LogP contribution in [-0.4, -0.2) is 37.1 Å². The van der Waals surface area contributed by atoms with Gasteiger partial charge in [-0.05, 0) is 45.5 Å². The van der Waals surface area contributed by atoms with Crippen LogP contribution in [0.25, 0.3) is 10.8 Å². The largest absolute Gasteiger partial charge is 0.374 e. The van der Waals surface area contributed by atoms with E-state index in [2.05, 4.69) is 85.4 Å². The first kappa shape index (κ1) is 32.8. The lowest BCUT2D eigenvalue weighted by Gasteiger charge is -2.48. The molecule has 5 heteroatoms. The normalized spacial score (nSPS) is 19.0. The fraction of sp³-hybridized carbons (Fsp3) is 0.286. The fourth-order valence-electron chi connectivity index (χ4n) is 6.26. The molecule has 1 saturated heterocycles. The van der Waals surface area contributed by atoms with Crippen LogP contribution in [0.4, 0.5) is 0 Å². The van der Waals surface area contributed by atoms with Crippen LogP contribution >= 0.6 is 0 Å². The Bertz CT molecular complexity index is 1610. The minimum absolute atomic E-state index is 0.274. The molecule has 0 radical (unpaired) electrons. The van der Waals surface area contributed by atoms with Crippen molar-refractivity contribution in [1.82, 2.24) is 0 Å². The minimum atomic E-state index is -0.752. The quantitative estimate of drug-likeness (QED) is 0.102. The van der Waals surface area contributed by atoms with Gasteiger partial charge in [0.25, 0.3) is 0 Å². The standard InChI is InChI=1S/C42H44O5/c1-2-14-39-41(46-29-35-19-10-5-11-20-35)40(45-30-36-23-24-37-21-12-13-22-38(37)25-36)26-42(47-39,31-43-27-33-15-6-3-7-16-33)32-44-28-34-17-8-4-9-18-34/h2-13,15-25,39-41H,1,14,26-32H2/t39-,40?,41?/m1/s1. The SMILES string of the molecule is C=CC[C@H]1OC(COCc2ccccc2)(COCc2ccccc2)CC(OCc2ccc3ccccc3c2)C1OCc1ccccc1. The number of benzene rings is 5. The van der Waals surface area contributed by atoms with Gasteiger partial charge in [-0.15, -0.1) is 6.58 Å². The maximum Gasteiger partial charge on any atom is 0.118 e. The van der Waals surface area contributed by atoms with Crippen molar-refractivity contribution in [1.29, 1.82) is 0 Å². The summed E-state index contributed by atoms with van der Waals surface area (Å²) in [5.41, 5.74) is 3.69. The van der Waals surface area contributed by atoms with Crippen LogP contribution in [0.15, 0.2) is 146 Å². The molecule has 242 valence electrons. The van der Waals surface area contributed by atoms with E-state index in [1.165, 1.54) is 10.8 Å². The van der Waals surface area contributed by atoms with Crippen molar-refractivity contribution in [3.63, 3.8) is 0 Å². The third-order valence-corrected chi connectivity index (χ3v) is 8.62. The second kappa shape index (κ2) is 16.6. The Morgan fingerprint density at radius 1 is 0.596 bits per heavy atom. The Morgan fingerprint density at radius 2 is 1.13 bits per heavy atom. The van der Waals surface area contributed by atoms with Gasteiger partial charge < -0.3 is 23.7 Å². The third-order valence-electron chi connectivity index (χ3n) is 8.62. The molecule has 0 bridgehead atoms. The van der Waals surface area contributed by atoms with E-state index in [4.69, 9.17) is 23.7 Å². The molecule has 2 unspecified atom stereocenters. The van der Waals surface area contributed by atoms with E-state index >= 15 is 0 Å². The molecule has 1 aliphatic rings. The third kappa shape index (κ3) is 9.25. The van der Waals surface area contributed by atoms with Crippen LogP contribution < -0.4 is 0 Å². The van der Waals surface area contributed by atoms with Crippen molar-refractivity contribution in [2.24, 2.45) is 0 Å². The lowest BCUT2D eigenvalue weighted by atomic mass is 9.87. The fourth-order valence-corrected chi connectivity index (χ4v) is 6.26. The van der Waals surface area contributed by atoms with Gasteiger partial charge in [0.1, 0.15) is 11.7 Å². The average molecular weight is 629 g/mol. The highest BCUT2D eigenvalue weighted by Crippen LogP contribution is 2.36. The van der Waals surface area contributed by atoms with Crippen LogP contribution in [0.5, 0.6) is 0 Å². The summed E-state index contributed by atoms with van der Waals surface area (Å²) in [5, 5.41) is 2.41. The second-order valence-electron chi connectivity index (χ2n) is 12.3. The molecular weight excluding hydrogens is 584 g/mol. The van der Waals surface area contributed by atoms with Crippen LogP contribution in [0.3, 0.4) is 0 Å². The van der Waals surface area contributed by atoms with Crippen molar-refractivity contribution in [2.45, 2.75) is 63.2 Å². The van der Waals surface area contributed by atoms with E-state index < -0.39 is 5.60 Å². The van der Waals surface area contributed by atoms with Crippen molar-refractivity contribution < 1.29 is 23.7 Å². The Labute approximate surface area is 278 Å². The predicted molar refractivity (Wildman–Crippen MR) is 187 cm³/mol. The van der Waals surface area contributed by atoms with E-state index in [0.717, 1.165) is 22.3 Å². The summed E-state index contributed by atoms with van der Waals surface area (Å²) in [6.07, 6.45) is 2.17. The smallest absolute Gasteiger partial charge is 0.118 e. The lowest BCUT2D eigenvalue weighted by molar-refractivity contribution is -0.267. The van der Waals surface area contributed by atoms with Gasteiger partial charge in [0.15, 0.2) is 0 Å². The Kier molecular flexibility index (Phi) is 11.6. The Hall–Kier alpha value is -4.10. The zero-order valence-electron chi connectivity index (χ0n) is 26.9. The molecule has 47 heavy (non-hydrogen) atoms. The summed E-state index contributed by atoms with van der Waals surface area (Å²) in [6.45, 7) is 6.64. The second-order valence-corrected chi connectivity index (χ2v) is 12.3. The number of rotatable bonds is 16. The number of hydrogen-bond donors (Lipinski definition) is 0. The van der Waals surface area contributed by atoms with E-state index in [1.54, 1.807) is 0 Å².